The molecule has 0 aliphatic heterocycles. The molecular formula is C14H22BrN3O. The lowest BCUT2D eigenvalue weighted by Crippen LogP contribution is -2.12. The van der Waals surface area contributed by atoms with Crippen molar-refractivity contribution in [2.45, 2.75) is 51.9 Å². The molecule has 0 saturated carbocycles. The van der Waals surface area contributed by atoms with Crippen molar-refractivity contribution in [2.75, 3.05) is 11.1 Å². The predicted octanol–water partition coefficient (Wildman–Crippen LogP) is 4.12. The van der Waals surface area contributed by atoms with Crippen LogP contribution in [0.2, 0.25) is 0 Å². The van der Waals surface area contributed by atoms with Crippen molar-refractivity contribution in [3.63, 3.8) is 0 Å². The Morgan fingerprint density at radius 3 is 2.68 bits per heavy atom. The number of pyridine rings is 1. The minimum atomic E-state index is 0.00784. The lowest BCUT2D eigenvalue weighted by Gasteiger charge is -2.07. The fourth-order valence-electron chi connectivity index (χ4n) is 1.81. The van der Waals surface area contributed by atoms with Crippen molar-refractivity contribution in [2.24, 2.45) is 0 Å². The lowest BCUT2D eigenvalue weighted by molar-refractivity contribution is -0.116. The van der Waals surface area contributed by atoms with E-state index >= 15 is 0 Å². The quantitative estimate of drug-likeness (QED) is 0.706. The summed E-state index contributed by atoms with van der Waals surface area (Å²) in [5.41, 5.74) is 6.16. The molecule has 1 rings (SSSR count). The standard InChI is InChI=1S/C14H22BrN3O/c1-2-3-4-5-6-7-8-13(19)18-14-12(15)9-11(16)10-17-14/h9-10H,2-8,16H2,1H3,(H,17,18,19). The van der Waals surface area contributed by atoms with E-state index in [0.29, 0.717) is 22.4 Å². The molecule has 0 radical (unpaired) electrons. The molecule has 0 atom stereocenters. The normalized spacial score (nSPS) is 10.4. The van der Waals surface area contributed by atoms with Crippen LogP contribution in [-0.4, -0.2) is 10.9 Å². The van der Waals surface area contributed by atoms with Crippen molar-refractivity contribution in [1.82, 2.24) is 4.98 Å². The Hall–Kier alpha value is -1.10. The molecule has 1 aromatic heterocycles. The number of rotatable bonds is 8. The zero-order valence-corrected chi connectivity index (χ0v) is 13.0. The fraction of sp³-hybridized carbons (Fsp3) is 0.571. The third-order valence-electron chi connectivity index (χ3n) is 2.88. The Kier molecular flexibility index (Phi) is 7.48. The number of nitrogens with zero attached hydrogens (tertiary/aromatic N) is 1. The van der Waals surface area contributed by atoms with E-state index in [1.807, 2.05) is 0 Å². The van der Waals surface area contributed by atoms with Gasteiger partial charge in [-0.1, -0.05) is 39.0 Å². The number of amides is 1. The Bertz CT molecular complexity index is 410. The first-order valence-electron chi connectivity index (χ1n) is 6.84. The van der Waals surface area contributed by atoms with Crippen molar-refractivity contribution in [3.05, 3.63) is 16.7 Å². The van der Waals surface area contributed by atoms with Crippen LogP contribution in [-0.2, 0) is 4.79 Å². The molecule has 0 fully saturated rings. The predicted molar refractivity (Wildman–Crippen MR) is 83.0 cm³/mol. The number of carbonyl (C=O) groups is 1. The van der Waals surface area contributed by atoms with Gasteiger partial charge < -0.3 is 11.1 Å². The molecular weight excluding hydrogens is 306 g/mol. The topological polar surface area (TPSA) is 68.0 Å². The smallest absolute Gasteiger partial charge is 0.225 e. The summed E-state index contributed by atoms with van der Waals surface area (Å²) >= 11 is 3.33. The van der Waals surface area contributed by atoms with Gasteiger partial charge in [-0.3, -0.25) is 4.79 Å². The SMILES string of the molecule is CCCCCCCCC(=O)Nc1ncc(N)cc1Br. The number of hydrogen-bond donors (Lipinski definition) is 2. The van der Waals surface area contributed by atoms with Crippen LogP contribution in [0.15, 0.2) is 16.7 Å². The van der Waals surface area contributed by atoms with Gasteiger partial charge in [0.1, 0.15) is 5.82 Å². The van der Waals surface area contributed by atoms with E-state index in [-0.39, 0.29) is 5.91 Å². The zero-order valence-electron chi connectivity index (χ0n) is 11.4. The van der Waals surface area contributed by atoms with Gasteiger partial charge in [0.25, 0.3) is 0 Å². The summed E-state index contributed by atoms with van der Waals surface area (Å²) in [5.74, 6) is 0.540. The number of aromatic nitrogens is 1. The van der Waals surface area contributed by atoms with Gasteiger partial charge in [-0.05, 0) is 28.4 Å². The van der Waals surface area contributed by atoms with Crippen LogP contribution in [0, 0.1) is 0 Å². The van der Waals surface area contributed by atoms with Crippen LogP contribution < -0.4 is 11.1 Å². The second kappa shape index (κ2) is 8.91. The minimum Gasteiger partial charge on any atom is -0.397 e. The third-order valence-corrected chi connectivity index (χ3v) is 3.48. The average Bonchev–Trinajstić information content (AvgIpc) is 2.37. The number of anilines is 2. The second-order valence-corrected chi connectivity index (χ2v) is 5.52. The van der Waals surface area contributed by atoms with Gasteiger partial charge in [-0.15, -0.1) is 0 Å². The number of unbranched alkanes of at least 4 members (excludes halogenated alkanes) is 5. The maximum absolute atomic E-state index is 11.7. The molecule has 5 heteroatoms. The minimum absolute atomic E-state index is 0.00784. The Balaban J connectivity index is 2.23. The van der Waals surface area contributed by atoms with E-state index in [2.05, 4.69) is 33.2 Å². The van der Waals surface area contributed by atoms with Crippen molar-refractivity contribution >= 4 is 33.3 Å². The molecule has 3 N–H and O–H groups in total. The van der Waals surface area contributed by atoms with E-state index in [9.17, 15) is 4.79 Å². The van der Waals surface area contributed by atoms with Gasteiger partial charge in [0.05, 0.1) is 16.4 Å². The van der Waals surface area contributed by atoms with Crippen molar-refractivity contribution < 1.29 is 4.79 Å². The largest absolute Gasteiger partial charge is 0.397 e. The number of hydrogen-bond acceptors (Lipinski definition) is 3. The Morgan fingerprint density at radius 2 is 2.00 bits per heavy atom. The molecule has 1 heterocycles. The molecule has 0 bridgehead atoms. The summed E-state index contributed by atoms with van der Waals surface area (Å²) in [6, 6.07) is 1.73. The molecule has 106 valence electrons. The first-order valence-corrected chi connectivity index (χ1v) is 7.63. The van der Waals surface area contributed by atoms with E-state index in [1.165, 1.54) is 31.9 Å². The summed E-state index contributed by atoms with van der Waals surface area (Å²) < 4.78 is 0.712. The number of nitrogens with two attached hydrogens (primary N) is 1. The molecule has 1 amide bonds. The van der Waals surface area contributed by atoms with Crippen molar-refractivity contribution in [1.29, 1.82) is 0 Å². The molecule has 0 spiro atoms. The molecule has 0 aromatic carbocycles. The highest BCUT2D eigenvalue weighted by molar-refractivity contribution is 9.10. The molecule has 19 heavy (non-hydrogen) atoms. The van der Waals surface area contributed by atoms with Crippen molar-refractivity contribution in [3.8, 4) is 0 Å². The molecule has 1 aromatic rings. The zero-order chi connectivity index (χ0) is 14.1. The van der Waals surface area contributed by atoms with Crippen LogP contribution in [0.3, 0.4) is 0 Å². The number of carbonyl (C=O) groups excluding carboxylic acids is 1. The summed E-state index contributed by atoms with van der Waals surface area (Å²) in [5, 5.41) is 2.79. The maximum atomic E-state index is 11.7. The van der Waals surface area contributed by atoms with E-state index < -0.39 is 0 Å². The van der Waals surface area contributed by atoms with Gasteiger partial charge in [0, 0.05) is 6.42 Å². The molecule has 0 saturated heterocycles. The maximum Gasteiger partial charge on any atom is 0.225 e. The van der Waals surface area contributed by atoms with Gasteiger partial charge in [-0.25, -0.2) is 4.98 Å². The van der Waals surface area contributed by atoms with E-state index in [1.54, 1.807) is 6.07 Å². The summed E-state index contributed by atoms with van der Waals surface area (Å²) in [7, 11) is 0. The van der Waals surface area contributed by atoms with Crippen LogP contribution >= 0.6 is 15.9 Å². The van der Waals surface area contributed by atoms with E-state index in [4.69, 9.17) is 5.73 Å². The van der Waals surface area contributed by atoms with Crippen LogP contribution in [0.4, 0.5) is 11.5 Å². The monoisotopic (exact) mass is 327 g/mol. The summed E-state index contributed by atoms with van der Waals surface area (Å²) in [4.78, 5) is 15.8. The molecule has 0 aliphatic rings. The Morgan fingerprint density at radius 1 is 1.32 bits per heavy atom. The first-order chi connectivity index (χ1) is 9.13. The number of nitrogen functional groups attached to an aromatic ring is 1. The Labute approximate surface area is 123 Å². The first kappa shape index (κ1) is 16.0. The highest BCUT2D eigenvalue weighted by Gasteiger charge is 2.06. The highest BCUT2D eigenvalue weighted by atomic mass is 79.9. The lowest BCUT2D eigenvalue weighted by atomic mass is 10.1. The summed E-state index contributed by atoms with van der Waals surface area (Å²) in [6.07, 6.45) is 9.14. The summed E-state index contributed by atoms with van der Waals surface area (Å²) in [6.45, 7) is 2.20. The molecule has 0 aliphatic carbocycles. The van der Waals surface area contributed by atoms with Gasteiger partial charge in [-0.2, -0.15) is 0 Å². The highest BCUT2D eigenvalue weighted by Crippen LogP contribution is 2.22. The van der Waals surface area contributed by atoms with Gasteiger partial charge in [0.15, 0.2) is 0 Å². The van der Waals surface area contributed by atoms with Crippen LogP contribution in [0.1, 0.15) is 51.9 Å². The molecule has 4 nitrogen and oxygen atoms in total. The fourth-order valence-corrected chi connectivity index (χ4v) is 2.27. The molecule has 0 unspecified atom stereocenters. The van der Waals surface area contributed by atoms with Gasteiger partial charge >= 0.3 is 0 Å². The number of halogens is 1. The average molecular weight is 328 g/mol. The van der Waals surface area contributed by atoms with E-state index in [0.717, 1.165) is 12.8 Å². The number of nitrogens with one attached hydrogen (secondary N) is 1. The third kappa shape index (κ3) is 6.57. The van der Waals surface area contributed by atoms with Crippen LogP contribution in [0.5, 0.6) is 0 Å². The van der Waals surface area contributed by atoms with Gasteiger partial charge in [0.2, 0.25) is 5.91 Å². The second-order valence-electron chi connectivity index (χ2n) is 4.67. The van der Waals surface area contributed by atoms with Crippen LogP contribution in [0.25, 0.3) is 0 Å².